The van der Waals surface area contributed by atoms with E-state index < -0.39 is 6.17 Å². The molecular weight excluding hydrogens is 464 g/mol. The summed E-state index contributed by atoms with van der Waals surface area (Å²) in [6.45, 7) is 6.98. The van der Waals surface area contributed by atoms with Crippen LogP contribution >= 0.6 is 22.9 Å². The van der Waals surface area contributed by atoms with Crippen molar-refractivity contribution in [3.05, 3.63) is 80.2 Å². The number of fused-ring (bicyclic) bond motifs is 3. The van der Waals surface area contributed by atoms with Crippen LogP contribution in [0, 0.1) is 11.3 Å². The van der Waals surface area contributed by atoms with Crippen molar-refractivity contribution < 1.29 is 9.90 Å². The lowest BCUT2D eigenvalue weighted by Crippen LogP contribution is -2.38. The number of carbonyl (C=O) groups excluding carboxylic acids is 1. The van der Waals surface area contributed by atoms with Crippen LogP contribution in [0.25, 0.3) is 0 Å². The van der Waals surface area contributed by atoms with Crippen molar-refractivity contribution >= 4 is 33.8 Å². The molecule has 2 atom stereocenters. The molecule has 0 saturated heterocycles. The van der Waals surface area contributed by atoms with E-state index in [2.05, 4.69) is 31.4 Å². The number of benzene rings is 2. The van der Waals surface area contributed by atoms with Crippen LogP contribution in [0.2, 0.25) is 5.02 Å². The number of nitrogens with one attached hydrogen (secondary N) is 2. The Labute approximate surface area is 210 Å². The van der Waals surface area contributed by atoms with Gasteiger partial charge in [-0.05, 0) is 71.9 Å². The highest BCUT2D eigenvalue weighted by atomic mass is 35.5. The molecule has 5 rings (SSSR count). The second-order valence-corrected chi connectivity index (χ2v) is 11.7. The molecule has 0 fully saturated rings. The van der Waals surface area contributed by atoms with E-state index in [0.29, 0.717) is 23.3 Å². The molecular formula is C28H31ClN2O2S. The van der Waals surface area contributed by atoms with Crippen LogP contribution in [-0.4, -0.2) is 11.0 Å². The summed E-state index contributed by atoms with van der Waals surface area (Å²) >= 11 is 8.06. The third kappa shape index (κ3) is 4.20. The molecule has 1 aliphatic carbocycles. The molecule has 0 bridgehead atoms. The van der Waals surface area contributed by atoms with Gasteiger partial charge in [0.1, 0.15) is 16.9 Å². The average molecular weight is 495 g/mol. The third-order valence-electron chi connectivity index (χ3n) is 7.81. The fraction of sp³-hybridized carbons (Fsp3) is 0.393. The molecule has 6 heteroatoms. The molecule has 3 N–H and O–H groups in total. The zero-order valence-electron chi connectivity index (χ0n) is 19.9. The van der Waals surface area contributed by atoms with E-state index in [1.165, 1.54) is 10.4 Å². The van der Waals surface area contributed by atoms with Crippen LogP contribution < -0.4 is 10.6 Å². The predicted octanol–water partition coefficient (Wildman–Crippen LogP) is 7.09. The Hall–Kier alpha value is -2.50. The standard InChI is InChI=1S/C28H31ClN2O2S/c1-4-28(2,3)18-10-11-19-23(15-18)34-27-24(19)26(33)30-25(31-27)20-14-16(9-12-22(20)32)13-17-7-5-6-8-21(17)29/h5-9,12,14,18,25,31-32H,4,10-11,13,15H2,1-3H3,(H,30,33). The highest BCUT2D eigenvalue weighted by molar-refractivity contribution is 7.16. The quantitative estimate of drug-likeness (QED) is 0.354. The molecule has 0 radical (unpaired) electrons. The van der Waals surface area contributed by atoms with Crippen molar-refractivity contribution in [2.45, 2.75) is 59.0 Å². The summed E-state index contributed by atoms with van der Waals surface area (Å²) in [6.07, 6.45) is 4.44. The number of phenols is 1. The molecule has 1 aliphatic heterocycles. The molecule has 1 aromatic heterocycles. The van der Waals surface area contributed by atoms with E-state index in [9.17, 15) is 9.90 Å². The largest absolute Gasteiger partial charge is 0.508 e. The first-order chi connectivity index (χ1) is 16.3. The number of halogens is 1. The van der Waals surface area contributed by atoms with Crippen molar-refractivity contribution in [3.63, 3.8) is 0 Å². The topological polar surface area (TPSA) is 61.4 Å². The Morgan fingerprint density at radius 3 is 2.74 bits per heavy atom. The first-order valence-corrected chi connectivity index (χ1v) is 13.2. The maximum absolute atomic E-state index is 13.2. The van der Waals surface area contributed by atoms with Gasteiger partial charge in [0, 0.05) is 15.5 Å². The Kier molecular flexibility index (Phi) is 6.11. The molecule has 2 unspecified atom stereocenters. The van der Waals surface area contributed by atoms with Gasteiger partial charge < -0.3 is 15.7 Å². The van der Waals surface area contributed by atoms with Gasteiger partial charge in [0.15, 0.2) is 0 Å². The smallest absolute Gasteiger partial charge is 0.256 e. The lowest BCUT2D eigenvalue weighted by Gasteiger charge is -2.36. The number of rotatable bonds is 5. The van der Waals surface area contributed by atoms with Gasteiger partial charge in [-0.3, -0.25) is 4.79 Å². The van der Waals surface area contributed by atoms with Crippen LogP contribution in [0.5, 0.6) is 5.75 Å². The van der Waals surface area contributed by atoms with Crippen molar-refractivity contribution in [1.82, 2.24) is 5.32 Å². The summed E-state index contributed by atoms with van der Waals surface area (Å²) in [5.74, 6) is 0.741. The number of hydrogen-bond donors (Lipinski definition) is 3. The number of aromatic hydroxyl groups is 1. The third-order valence-corrected chi connectivity index (χ3v) is 9.37. The van der Waals surface area contributed by atoms with Gasteiger partial charge >= 0.3 is 0 Å². The van der Waals surface area contributed by atoms with E-state index in [-0.39, 0.29) is 11.7 Å². The minimum Gasteiger partial charge on any atom is -0.508 e. The lowest BCUT2D eigenvalue weighted by molar-refractivity contribution is 0.0934. The SMILES string of the molecule is CCC(C)(C)C1CCc2c(sc3c2C(=O)NC(c2cc(Cc4ccccc4Cl)ccc2O)N3)C1. The molecule has 0 spiro atoms. The second-order valence-electron chi connectivity index (χ2n) is 10.2. The number of phenolic OH excluding ortho intramolecular Hbond substituents is 1. The number of anilines is 1. The highest BCUT2D eigenvalue weighted by Gasteiger charge is 2.37. The Morgan fingerprint density at radius 1 is 1.18 bits per heavy atom. The van der Waals surface area contributed by atoms with Crippen LogP contribution in [0.3, 0.4) is 0 Å². The first-order valence-electron chi connectivity index (χ1n) is 12.0. The average Bonchev–Trinajstić information content (AvgIpc) is 3.20. The summed E-state index contributed by atoms with van der Waals surface area (Å²) in [4.78, 5) is 14.6. The molecule has 178 valence electrons. The normalized spacial score (nSPS) is 19.7. The molecule has 1 amide bonds. The highest BCUT2D eigenvalue weighted by Crippen LogP contribution is 2.47. The van der Waals surface area contributed by atoms with Crippen molar-refractivity contribution in [1.29, 1.82) is 0 Å². The lowest BCUT2D eigenvalue weighted by atomic mass is 9.69. The van der Waals surface area contributed by atoms with Crippen LogP contribution in [-0.2, 0) is 19.3 Å². The summed E-state index contributed by atoms with van der Waals surface area (Å²) in [7, 11) is 0. The number of thiophene rings is 1. The summed E-state index contributed by atoms with van der Waals surface area (Å²) in [5, 5.41) is 18.9. The van der Waals surface area contributed by atoms with Crippen molar-refractivity contribution in [2.24, 2.45) is 11.3 Å². The van der Waals surface area contributed by atoms with Gasteiger partial charge in [-0.1, -0.05) is 63.1 Å². The zero-order valence-corrected chi connectivity index (χ0v) is 21.4. The summed E-state index contributed by atoms with van der Waals surface area (Å²) < 4.78 is 0. The predicted molar refractivity (Wildman–Crippen MR) is 140 cm³/mol. The monoisotopic (exact) mass is 494 g/mol. The first kappa shape index (κ1) is 23.3. The van der Waals surface area contributed by atoms with Crippen LogP contribution in [0.4, 0.5) is 5.00 Å². The van der Waals surface area contributed by atoms with E-state index in [0.717, 1.165) is 52.4 Å². The van der Waals surface area contributed by atoms with E-state index in [1.807, 2.05) is 36.4 Å². The van der Waals surface area contributed by atoms with Crippen LogP contribution in [0.1, 0.15) is 77.3 Å². The van der Waals surface area contributed by atoms with Gasteiger partial charge in [-0.15, -0.1) is 11.3 Å². The van der Waals surface area contributed by atoms with Gasteiger partial charge in [0.2, 0.25) is 0 Å². The Balaban J connectivity index is 1.42. The summed E-state index contributed by atoms with van der Waals surface area (Å²) in [6, 6.07) is 13.3. The summed E-state index contributed by atoms with van der Waals surface area (Å²) in [5.41, 5.74) is 5.03. The van der Waals surface area contributed by atoms with Crippen LogP contribution in [0.15, 0.2) is 42.5 Å². The maximum Gasteiger partial charge on any atom is 0.256 e. The molecule has 3 aromatic rings. The second kappa shape index (κ2) is 8.94. The number of amides is 1. The van der Waals surface area contributed by atoms with Crippen molar-refractivity contribution in [3.8, 4) is 5.75 Å². The molecule has 2 aliphatic rings. The molecule has 0 saturated carbocycles. The number of carbonyl (C=O) groups is 1. The molecule has 34 heavy (non-hydrogen) atoms. The van der Waals surface area contributed by atoms with Crippen molar-refractivity contribution in [2.75, 3.05) is 5.32 Å². The van der Waals surface area contributed by atoms with Gasteiger partial charge in [0.05, 0.1) is 5.56 Å². The molecule has 2 aromatic carbocycles. The minimum atomic E-state index is -0.478. The van der Waals surface area contributed by atoms with Gasteiger partial charge in [-0.25, -0.2) is 0 Å². The van der Waals surface area contributed by atoms with E-state index in [1.54, 1.807) is 17.4 Å². The molecule has 2 heterocycles. The van der Waals surface area contributed by atoms with Gasteiger partial charge in [-0.2, -0.15) is 0 Å². The number of hydrogen-bond acceptors (Lipinski definition) is 4. The van der Waals surface area contributed by atoms with E-state index in [4.69, 9.17) is 11.6 Å². The minimum absolute atomic E-state index is 0.0552. The fourth-order valence-corrected chi connectivity index (χ4v) is 6.77. The Bertz CT molecular complexity index is 1250. The maximum atomic E-state index is 13.2. The zero-order chi connectivity index (χ0) is 24.0. The Morgan fingerprint density at radius 2 is 1.97 bits per heavy atom. The van der Waals surface area contributed by atoms with Gasteiger partial charge in [0.25, 0.3) is 5.91 Å². The van der Waals surface area contributed by atoms with E-state index >= 15 is 0 Å². The molecule has 4 nitrogen and oxygen atoms in total. The fourth-order valence-electron chi connectivity index (χ4n) is 5.22.